The largest absolute Gasteiger partial charge is 0.493 e. The highest BCUT2D eigenvalue weighted by molar-refractivity contribution is 6.04. The van der Waals surface area contributed by atoms with Crippen LogP contribution in [0.1, 0.15) is 36.8 Å². The van der Waals surface area contributed by atoms with Gasteiger partial charge in [0.2, 0.25) is 0 Å². The zero-order valence-corrected chi connectivity index (χ0v) is 13.5. The van der Waals surface area contributed by atoms with Gasteiger partial charge in [-0.05, 0) is 50.2 Å². The molecule has 3 aliphatic rings. The highest BCUT2D eigenvalue weighted by Crippen LogP contribution is 2.33. The summed E-state index contributed by atoms with van der Waals surface area (Å²) in [6.45, 7) is 3.76. The van der Waals surface area contributed by atoms with Crippen LogP contribution in [0.5, 0.6) is 5.75 Å². The van der Waals surface area contributed by atoms with Crippen LogP contribution in [0.4, 0.5) is 4.79 Å². The Kier molecular flexibility index (Phi) is 3.51. The lowest BCUT2D eigenvalue weighted by Crippen LogP contribution is -2.32. The van der Waals surface area contributed by atoms with Gasteiger partial charge in [-0.1, -0.05) is 12.1 Å². The molecule has 122 valence electrons. The van der Waals surface area contributed by atoms with Crippen LogP contribution in [0.2, 0.25) is 0 Å². The van der Waals surface area contributed by atoms with E-state index in [1.807, 2.05) is 25.1 Å². The molecule has 0 bridgehead atoms. The highest BCUT2D eigenvalue weighted by Gasteiger charge is 2.47. The second kappa shape index (κ2) is 5.55. The molecule has 0 N–H and O–H groups in total. The number of benzene rings is 1. The van der Waals surface area contributed by atoms with Crippen molar-refractivity contribution in [2.24, 2.45) is 5.92 Å². The Labute approximate surface area is 136 Å². The number of hydrogen-bond donors (Lipinski definition) is 0. The molecule has 3 fully saturated rings. The van der Waals surface area contributed by atoms with Gasteiger partial charge >= 0.3 is 6.03 Å². The summed E-state index contributed by atoms with van der Waals surface area (Å²) in [5.74, 6) is 1.43. The number of amides is 3. The van der Waals surface area contributed by atoms with Crippen LogP contribution in [-0.4, -0.2) is 40.9 Å². The summed E-state index contributed by atoms with van der Waals surface area (Å²) in [5.41, 5.74) is 2.04. The number of aryl methyl sites for hydroxylation is 1. The molecule has 1 saturated carbocycles. The molecule has 2 aliphatic heterocycles. The molecule has 0 aromatic heterocycles. The average Bonchev–Trinajstić information content (AvgIpc) is 3.19. The van der Waals surface area contributed by atoms with E-state index in [1.165, 1.54) is 17.7 Å². The molecule has 1 aromatic rings. The molecule has 0 radical (unpaired) electrons. The Morgan fingerprint density at radius 1 is 1.22 bits per heavy atom. The van der Waals surface area contributed by atoms with Crippen molar-refractivity contribution in [1.82, 2.24) is 9.80 Å². The maximum Gasteiger partial charge on any atom is 0.327 e. The topological polar surface area (TPSA) is 49.9 Å². The summed E-state index contributed by atoms with van der Waals surface area (Å²) < 4.78 is 5.95. The van der Waals surface area contributed by atoms with Gasteiger partial charge in [0.05, 0.1) is 13.2 Å². The van der Waals surface area contributed by atoms with E-state index in [0.29, 0.717) is 19.0 Å². The first-order valence-electron chi connectivity index (χ1n) is 8.48. The zero-order valence-electron chi connectivity index (χ0n) is 13.5. The van der Waals surface area contributed by atoms with Gasteiger partial charge in [0, 0.05) is 12.1 Å². The Bertz CT molecular complexity index is 632. The molecule has 4 rings (SSSR count). The van der Waals surface area contributed by atoms with Crippen molar-refractivity contribution in [1.29, 1.82) is 0 Å². The molecule has 2 heterocycles. The van der Waals surface area contributed by atoms with Crippen molar-refractivity contribution in [3.63, 3.8) is 0 Å². The predicted octanol–water partition coefficient (Wildman–Crippen LogP) is 2.71. The Balaban J connectivity index is 1.53. The van der Waals surface area contributed by atoms with Crippen LogP contribution in [0.15, 0.2) is 18.2 Å². The summed E-state index contributed by atoms with van der Waals surface area (Å²) in [6.07, 6.45) is 4.19. The van der Waals surface area contributed by atoms with E-state index in [1.54, 1.807) is 4.90 Å². The molecular formula is C18H22N2O3. The van der Waals surface area contributed by atoms with E-state index < -0.39 is 0 Å². The average molecular weight is 314 g/mol. The van der Waals surface area contributed by atoms with Crippen molar-refractivity contribution >= 4 is 11.9 Å². The molecule has 5 heteroatoms. The van der Waals surface area contributed by atoms with Crippen molar-refractivity contribution < 1.29 is 14.3 Å². The van der Waals surface area contributed by atoms with Gasteiger partial charge in [-0.15, -0.1) is 0 Å². The van der Waals surface area contributed by atoms with Crippen molar-refractivity contribution in [2.45, 2.75) is 45.2 Å². The number of urea groups is 1. The minimum atomic E-state index is -0.233. The number of carbonyl (C=O) groups excluding carboxylic acids is 2. The molecule has 1 aromatic carbocycles. The zero-order chi connectivity index (χ0) is 16.0. The van der Waals surface area contributed by atoms with Gasteiger partial charge in [0.1, 0.15) is 11.8 Å². The normalized spacial score (nSPS) is 23.6. The predicted molar refractivity (Wildman–Crippen MR) is 85.1 cm³/mol. The Morgan fingerprint density at radius 3 is 2.78 bits per heavy atom. The van der Waals surface area contributed by atoms with E-state index in [0.717, 1.165) is 36.3 Å². The van der Waals surface area contributed by atoms with Crippen LogP contribution >= 0.6 is 0 Å². The third kappa shape index (κ3) is 2.69. The third-order valence-corrected chi connectivity index (χ3v) is 5.00. The molecule has 1 aliphatic carbocycles. The number of hydrogen-bond acceptors (Lipinski definition) is 3. The summed E-state index contributed by atoms with van der Waals surface area (Å²) in [7, 11) is 0. The molecular weight excluding hydrogens is 292 g/mol. The third-order valence-electron chi connectivity index (χ3n) is 5.00. The number of ether oxygens (including phenoxy) is 1. The van der Waals surface area contributed by atoms with Gasteiger partial charge in [0.25, 0.3) is 5.91 Å². The van der Waals surface area contributed by atoms with Gasteiger partial charge in [-0.3, -0.25) is 9.69 Å². The maximum atomic E-state index is 12.5. The quantitative estimate of drug-likeness (QED) is 0.785. The molecule has 5 nitrogen and oxygen atoms in total. The van der Waals surface area contributed by atoms with Crippen LogP contribution in [0.25, 0.3) is 0 Å². The number of imide groups is 1. The Morgan fingerprint density at radius 2 is 2.04 bits per heavy atom. The number of rotatable bonds is 5. The first-order valence-corrected chi connectivity index (χ1v) is 8.48. The summed E-state index contributed by atoms with van der Waals surface area (Å²) in [5, 5.41) is 0. The lowest BCUT2D eigenvalue weighted by atomic mass is 10.1. The van der Waals surface area contributed by atoms with Gasteiger partial charge < -0.3 is 9.64 Å². The lowest BCUT2D eigenvalue weighted by Gasteiger charge is -2.18. The lowest BCUT2D eigenvalue weighted by molar-refractivity contribution is -0.128. The first-order chi connectivity index (χ1) is 11.1. The van der Waals surface area contributed by atoms with Crippen LogP contribution < -0.4 is 4.74 Å². The van der Waals surface area contributed by atoms with Gasteiger partial charge in [-0.25, -0.2) is 4.79 Å². The molecule has 1 atom stereocenters. The van der Waals surface area contributed by atoms with Crippen molar-refractivity contribution in [3.8, 4) is 5.75 Å². The van der Waals surface area contributed by atoms with Crippen LogP contribution in [-0.2, 0) is 11.3 Å². The minimum absolute atomic E-state index is 0.0544. The van der Waals surface area contributed by atoms with Gasteiger partial charge in [0.15, 0.2) is 0 Å². The van der Waals surface area contributed by atoms with E-state index in [4.69, 9.17) is 4.74 Å². The fourth-order valence-electron chi connectivity index (χ4n) is 3.42. The molecule has 3 amide bonds. The van der Waals surface area contributed by atoms with E-state index in [9.17, 15) is 9.59 Å². The second-order valence-electron chi connectivity index (χ2n) is 6.92. The van der Waals surface area contributed by atoms with Crippen molar-refractivity contribution in [3.05, 3.63) is 29.3 Å². The van der Waals surface area contributed by atoms with Crippen LogP contribution in [0, 0.1) is 12.8 Å². The number of fused-ring (bicyclic) bond motifs is 1. The summed E-state index contributed by atoms with van der Waals surface area (Å²) in [4.78, 5) is 28.0. The molecule has 23 heavy (non-hydrogen) atoms. The summed E-state index contributed by atoms with van der Waals surface area (Å²) in [6, 6.07) is 5.60. The van der Waals surface area contributed by atoms with Crippen LogP contribution in [0.3, 0.4) is 0 Å². The maximum absolute atomic E-state index is 12.5. The molecule has 2 saturated heterocycles. The highest BCUT2D eigenvalue weighted by atomic mass is 16.5. The standard InChI is InChI=1S/C18H22N2O3/c1-12-4-7-14(16(9-12)23-11-13-5-6-13)10-20-17(21)15-3-2-8-19(15)18(20)22/h4,7,9,13,15H,2-3,5-6,8,10-11H2,1H3/t15-/m1/s1. The van der Waals surface area contributed by atoms with Gasteiger partial charge in [-0.2, -0.15) is 0 Å². The van der Waals surface area contributed by atoms with E-state index in [2.05, 4.69) is 0 Å². The minimum Gasteiger partial charge on any atom is -0.493 e. The van der Waals surface area contributed by atoms with E-state index in [-0.39, 0.29) is 18.0 Å². The summed E-state index contributed by atoms with van der Waals surface area (Å²) >= 11 is 0. The van der Waals surface area contributed by atoms with E-state index >= 15 is 0 Å². The second-order valence-corrected chi connectivity index (χ2v) is 6.92. The molecule has 0 spiro atoms. The fraction of sp³-hybridized carbons (Fsp3) is 0.556. The first kappa shape index (κ1) is 14.5. The SMILES string of the molecule is Cc1ccc(CN2C(=O)[C@H]3CCCN3C2=O)c(OCC2CC2)c1. The smallest absolute Gasteiger partial charge is 0.327 e. The fourth-order valence-corrected chi connectivity index (χ4v) is 3.42. The number of carbonyl (C=O) groups is 2. The molecule has 0 unspecified atom stereocenters. The Hall–Kier alpha value is -2.04. The van der Waals surface area contributed by atoms with Crippen molar-refractivity contribution in [2.75, 3.05) is 13.2 Å². The number of nitrogens with zero attached hydrogens (tertiary/aromatic N) is 2. The monoisotopic (exact) mass is 314 g/mol.